The van der Waals surface area contributed by atoms with Gasteiger partial charge in [-0.05, 0) is 23.6 Å². The maximum Gasteiger partial charge on any atom is 0.310 e. The first-order valence-electron chi connectivity index (χ1n) is 5.38. The number of ether oxygens (including phenoxy) is 1. The summed E-state index contributed by atoms with van der Waals surface area (Å²) in [4.78, 5) is 11.3. The minimum absolute atomic E-state index is 0.178. The molecule has 0 spiro atoms. The SMILES string of the molecule is CCC(=O)Oc1ccc(O)cc1C(C)(C)C. The molecule has 0 bridgehead atoms. The largest absolute Gasteiger partial charge is 0.508 e. The molecule has 0 aliphatic heterocycles. The van der Waals surface area contributed by atoms with Gasteiger partial charge in [-0.15, -0.1) is 0 Å². The summed E-state index contributed by atoms with van der Waals surface area (Å²) in [5.41, 5.74) is 0.650. The van der Waals surface area contributed by atoms with Gasteiger partial charge in [-0.1, -0.05) is 27.7 Å². The van der Waals surface area contributed by atoms with Gasteiger partial charge >= 0.3 is 5.97 Å². The number of phenolic OH excluding ortho intramolecular Hbond substituents is 1. The predicted octanol–water partition coefficient (Wildman–Crippen LogP) is 3.01. The number of aromatic hydroxyl groups is 1. The molecule has 0 unspecified atom stereocenters. The number of phenols is 1. The third-order valence-corrected chi connectivity index (χ3v) is 2.28. The first kappa shape index (κ1) is 12.6. The van der Waals surface area contributed by atoms with Crippen molar-refractivity contribution in [2.24, 2.45) is 0 Å². The van der Waals surface area contributed by atoms with E-state index in [0.29, 0.717) is 12.2 Å². The molecule has 3 heteroatoms. The van der Waals surface area contributed by atoms with Gasteiger partial charge in [0.2, 0.25) is 0 Å². The summed E-state index contributed by atoms with van der Waals surface area (Å²) >= 11 is 0. The fraction of sp³-hybridized carbons (Fsp3) is 0.462. The molecule has 0 aliphatic carbocycles. The van der Waals surface area contributed by atoms with Crippen LogP contribution in [0.1, 0.15) is 39.7 Å². The van der Waals surface area contributed by atoms with Crippen LogP contribution < -0.4 is 4.74 Å². The minimum Gasteiger partial charge on any atom is -0.508 e. The molecule has 0 fully saturated rings. The van der Waals surface area contributed by atoms with E-state index in [1.165, 1.54) is 6.07 Å². The molecule has 0 amide bonds. The van der Waals surface area contributed by atoms with E-state index in [1.54, 1.807) is 19.1 Å². The van der Waals surface area contributed by atoms with Gasteiger partial charge in [-0.25, -0.2) is 0 Å². The Hall–Kier alpha value is -1.51. The molecular formula is C13H18O3. The molecule has 1 N–H and O–H groups in total. The maximum absolute atomic E-state index is 11.3. The Labute approximate surface area is 96.1 Å². The smallest absolute Gasteiger partial charge is 0.310 e. The lowest BCUT2D eigenvalue weighted by atomic mass is 9.86. The van der Waals surface area contributed by atoms with Crippen molar-refractivity contribution in [2.75, 3.05) is 0 Å². The third-order valence-electron chi connectivity index (χ3n) is 2.28. The molecule has 16 heavy (non-hydrogen) atoms. The lowest BCUT2D eigenvalue weighted by Gasteiger charge is -2.22. The summed E-state index contributed by atoms with van der Waals surface area (Å²) in [6.07, 6.45) is 0.338. The van der Waals surface area contributed by atoms with E-state index in [2.05, 4.69) is 0 Å². The number of hydrogen-bond acceptors (Lipinski definition) is 3. The lowest BCUT2D eigenvalue weighted by molar-refractivity contribution is -0.134. The van der Waals surface area contributed by atoms with Crippen molar-refractivity contribution in [1.82, 2.24) is 0 Å². The van der Waals surface area contributed by atoms with Gasteiger partial charge in [0.05, 0.1) is 0 Å². The summed E-state index contributed by atoms with van der Waals surface area (Å²) in [6, 6.07) is 4.79. The molecule has 1 rings (SSSR count). The highest BCUT2D eigenvalue weighted by Gasteiger charge is 2.20. The Kier molecular flexibility index (Phi) is 3.58. The van der Waals surface area contributed by atoms with Gasteiger partial charge in [-0.2, -0.15) is 0 Å². The quantitative estimate of drug-likeness (QED) is 0.618. The van der Waals surface area contributed by atoms with E-state index < -0.39 is 0 Å². The lowest BCUT2D eigenvalue weighted by Crippen LogP contribution is -2.15. The molecule has 0 saturated heterocycles. The van der Waals surface area contributed by atoms with Crippen LogP contribution in [0.3, 0.4) is 0 Å². The van der Waals surface area contributed by atoms with Crippen molar-refractivity contribution in [3.05, 3.63) is 23.8 Å². The minimum atomic E-state index is -0.267. The molecule has 0 radical (unpaired) electrons. The van der Waals surface area contributed by atoms with Crippen molar-refractivity contribution in [2.45, 2.75) is 39.5 Å². The van der Waals surface area contributed by atoms with Crippen LogP contribution in [-0.4, -0.2) is 11.1 Å². The Bertz CT molecular complexity index is 389. The van der Waals surface area contributed by atoms with Crippen LogP contribution in [-0.2, 0) is 10.2 Å². The fourth-order valence-corrected chi connectivity index (χ4v) is 1.39. The van der Waals surface area contributed by atoms with Crippen molar-refractivity contribution < 1.29 is 14.6 Å². The number of carbonyl (C=O) groups excluding carboxylic acids is 1. The summed E-state index contributed by atoms with van der Waals surface area (Å²) in [6.45, 7) is 7.76. The molecule has 1 aromatic rings. The first-order valence-corrected chi connectivity index (χ1v) is 5.38. The molecule has 88 valence electrons. The van der Waals surface area contributed by atoms with E-state index >= 15 is 0 Å². The van der Waals surface area contributed by atoms with Gasteiger partial charge in [-0.3, -0.25) is 4.79 Å². The zero-order valence-corrected chi connectivity index (χ0v) is 10.2. The third kappa shape index (κ3) is 2.99. The van der Waals surface area contributed by atoms with Crippen LogP contribution in [0.5, 0.6) is 11.5 Å². The van der Waals surface area contributed by atoms with E-state index in [-0.39, 0.29) is 17.1 Å². The second kappa shape index (κ2) is 4.56. The van der Waals surface area contributed by atoms with Crippen LogP contribution >= 0.6 is 0 Å². The highest BCUT2D eigenvalue weighted by atomic mass is 16.5. The molecule has 0 saturated carbocycles. The van der Waals surface area contributed by atoms with Gasteiger partial charge in [0, 0.05) is 12.0 Å². The Morgan fingerprint density at radius 1 is 1.38 bits per heavy atom. The summed E-state index contributed by atoms with van der Waals surface area (Å²) in [5.74, 6) is 0.439. The summed E-state index contributed by atoms with van der Waals surface area (Å²) in [7, 11) is 0. The predicted molar refractivity (Wildman–Crippen MR) is 62.7 cm³/mol. The summed E-state index contributed by atoms with van der Waals surface area (Å²) in [5, 5.41) is 9.45. The summed E-state index contributed by atoms with van der Waals surface area (Å²) < 4.78 is 5.23. The molecule has 3 nitrogen and oxygen atoms in total. The van der Waals surface area contributed by atoms with Crippen LogP contribution in [0, 0.1) is 0 Å². The molecular weight excluding hydrogens is 204 g/mol. The standard InChI is InChI=1S/C13H18O3/c1-5-12(15)16-11-7-6-9(14)8-10(11)13(2,3)4/h6-8,14H,5H2,1-4H3. The average molecular weight is 222 g/mol. The van der Waals surface area contributed by atoms with Crippen molar-refractivity contribution in [1.29, 1.82) is 0 Å². The molecule has 0 aromatic heterocycles. The van der Waals surface area contributed by atoms with Crippen molar-refractivity contribution in [3.63, 3.8) is 0 Å². The molecule has 0 heterocycles. The maximum atomic E-state index is 11.3. The van der Waals surface area contributed by atoms with Crippen LogP contribution in [0.15, 0.2) is 18.2 Å². The molecule has 1 aromatic carbocycles. The van der Waals surface area contributed by atoms with E-state index in [9.17, 15) is 9.90 Å². The molecule has 0 atom stereocenters. The Morgan fingerprint density at radius 3 is 2.50 bits per heavy atom. The van der Waals surface area contributed by atoms with E-state index in [1.807, 2.05) is 20.8 Å². The number of benzene rings is 1. The van der Waals surface area contributed by atoms with Crippen molar-refractivity contribution >= 4 is 5.97 Å². The fourth-order valence-electron chi connectivity index (χ4n) is 1.39. The van der Waals surface area contributed by atoms with Crippen LogP contribution in [0.4, 0.5) is 0 Å². The zero-order chi connectivity index (χ0) is 12.3. The van der Waals surface area contributed by atoms with Crippen LogP contribution in [0.2, 0.25) is 0 Å². The topological polar surface area (TPSA) is 46.5 Å². The van der Waals surface area contributed by atoms with E-state index in [0.717, 1.165) is 5.56 Å². The normalized spacial score (nSPS) is 11.2. The number of rotatable bonds is 2. The highest BCUT2D eigenvalue weighted by molar-refractivity contribution is 5.72. The average Bonchev–Trinajstić information content (AvgIpc) is 2.19. The Balaban J connectivity index is 3.13. The number of hydrogen-bond donors (Lipinski definition) is 1. The second-order valence-electron chi connectivity index (χ2n) is 4.76. The van der Waals surface area contributed by atoms with Gasteiger partial charge < -0.3 is 9.84 Å². The Morgan fingerprint density at radius 2 is 2.00 bits per heavy atom. The first-order chi connectivity index (χ1) is 7.34. The monoisotopic (exact) mass is 222 g/mol. The van der Waals surface area contributed by atoms with Gasteiger partial charge in [0.1, 0.15) is 11.5 Å². The number of carbonyl (C=O) groups is 1. The van der Waals surface area contributed by atoms with Crippen LogP contribution in [0.25, 0.3) is 0 Å². The second-order valence-corrected chi connectivity index (χ2v) is 4.76. The number of esters is 1. The van der Waals surface area contributed by atoms with Crippen molar-refractivity contribution in [3.8, 4) is 11.5 Å². The van der Waals surface area contributed by atoms with Gasteiger partial charge in [0.15, 0.2) is 0 Å². The van der Waals surface area contributed by atoms with E-state index in [4.69, 9.17) is 4.74 Å². The zero-order valence-electron chi connectivity index (χ0n) is 10.2. The molecule has 0 aliphatic rings. The van der Waals surface area contributed by atoms with Gasteiger partial charge in [0.25, 0.3) is 0 Å². The highest BCUT2D eigenvalue weighted by Crippen LogP contribution is 2.34.